The zero-order chi connectivity index (χ0) is 39.4. The molecule has 0 unspecified atom stereocenters. The Morgan fingerprint density at radius 1 is 0.906 bits per heavy atom. The Kier molecular flexibility index (Phi) is 17.8. The van der Waals surface area contributed by atoms with Crippen molar-refractivity contribution in [2.45, 2.75) is 64.9 Å². The van der Waals surface area contributed by atoms with E-state index in [2.05, 4.69) is 22.4 Å². The first-order valence-electron chi connectivity index (χ1n) is 16.6. The fraction of sp³-hybridized carbons (Fsp3) is 0.333. The van der Waals surface area contributed by atoms with Crippen LogP contribution in [0.25, 0.3) is 10.8 Å². The van der Waals surface area contributed by atoms with Crippen LogP contribution in [0.15, 0.2) is 97.3 Å². The molecule has 1 fully saturated rings. The van der Waals surface area contributed by atoms with E-state index in [1.54, 1.807) is 61.3 Å². The molecule has 282 valence electrons. The molecule has 4 aromatic rings. The highest BCUT2D eigenvalue weighted by Gasteiger charge is 2.30. The Balaban J connectivity index is 0.000000312. The number of aliphatic hydroxyl groups is 1. The van der Waals surface area contributed by atoms with Gasteiger partial charge < -0.3 is 34.6 Å². The zero-order valence-corrected chi connectivity index (χ0v) is 30.3. The van der Waals surface area contributed by atoms with Crippen molar-refractivity contribution < 1.29 is 53.2 Å². The highest BCUT2D eigenvalue weighted by molar-refractivity contribution is 5.93. The molecule has 14 heteroatoms. The van der Waals surface area contributed by atoms with Gasteiger partial charge in [-0.15, -0.1) is 0 Å². The first-order chi connectivity index (χ1) is 25.1. The lowest BCUT2D eigenvalue weighted by molar-refractivity contribution is -0.191. The predicted octanol–water partition coefficient (Wildman–Crippen LogP) is 5.61. The van der Waals surface area contributed by atoms with Crippen molar-refractivity contribution in [1.29, 1.82) is 0 Å². The topological polar surface area (TPSA) is 199 Å². The smallest absolute Gasteiger partial charge is 0.410 e. The fourth-order valence-electron chi connectivity index (χ4n) is 4.57. The molecule has 0 aliphatic carbocycles. The van der Waals surface area contributed by atoms with Gasteiger partial charge in [0, 0.05) is 54.1 Å². The van der Waals surface area contributed by atoms with Gasteiger partial charge in [0.1, 0.15) is 12.2 Å². The number of likely N-dealkylation sites (tertiary alicyclic amines) is 1. The number of carbonyl (C=O) groups excluding carboxylic acids is 5. The Morgan fingerprint density at radius 3 is 2.02 bits per heavy atom. The number of aliphatic carboxylic acids is 1. The standard InChI is InChI=1S/C18H23N3O2.C17H14O6.C3H8O.CO2/c1-18(2,3)23-17(22)21-10-8-14(12-21)20-16-6-4-5-13-11-19-9-7-15(13)16;18-15(19)14(23-17(21)13-9-5-2-6-10-13)11-22-16(20)12-7-3-1-4-8-12;1-3(2)4;2-1-3/h4-7,9,11,14,20H,8,10,12H2,1-3H3;1-10,14H,11H2,(H,18,19);3-4H,1-2H3;/t2*14-;;/m11../s1. The number of aromatic nitrogens is 1. The molecule has 1 aliphatic rings. The summed E-state index contributed by atoms with van der Waals surface area (Å²) in [6.45, 7) is 9.93. The summed E-state index contributed by atoms with van der Waals surface area (Å²) in [5.41, 5.74) is 1.13. The third-order valence-electron chi connectivity index (χ3n) is 6.79. The second-order valence-corrected chi connectivity index (χ2v) is 12.7. The third-order valence-corrected chi connectivity index (χ3v) is 6.79. The molecule has 0 saturated carbocycles. The number of carboxylic acid groups (broad SMARTS) is 1. The van der Waals surface area contributed by atoms with E-state index in [1.807, 2.05) is 39.1 Å². The number of esters is 2. The van der Waals surface area contributed by atoms with Gasteiger partial charge in [-0.05, 0) is 77.4 Å². The lowest BCUT2D eigenvalue weighted by atomic mass is 10.1. The Bertz CT molecular complexity index is 1780. The number of hydrogen-bond acceptors (Lipinski definition) is 12. The van der Waals surface area contributed by atoms with Crippen LogP contribution in [0, 0.1) is 0 Å². The summed E-state index contributed by atoms with van der Waals surface area (Å²) in [5.74, 6) is -2.88. The van der Waals surface area contributed by atoms with Crippen LogP contribution in [0.2, 0.25) is 0 Å². The summed E-state index contributed by atoms with van der Waals surface area (Å²) in [7, 11) is 0. The van der Waals surface area contributed by atoms with Gasteiger partial charge in [-0.1, -0.05) is 48.5 Å². The molecule has 1 amide bonds. The number of carboxylic acids is 1. The first-order valence-corrected chi connectivity index (χ1v) is 16.6. The number of nitrogens with zero attached hydrogens (tertiary/aromatic N) is 2. The highest BCUT2D eigenvalue weighted by Crippen LogP contribution is 2.25. The number of rotatable bonds is 8. The molecular weight excluding hydrogens is 686 g/mol. The maximum Gasteiger partial charge on any atom is 0.410 e. The maximum absolute atomic E-state index is 12.1. The Morgan fingerprint density at radius 2 is 1.47 bits per heavy atom. The van der Waals surface area contributed by atoms with Crippen LogP contribution >= 0.6 is 0 Å². The van der Waals surface area contributed by atoms with Gasteiger partial charge in [-0.2, -0.15) is 9.59 Å². The van der Waals surface area contributed by atoms with Gasteiger partial charge in [-0.3, -0.25) is 4.98 Å². The van der Waals surface area contributed by atoms with E-state index in [0.717, 1.165) is 29.4 Å². The monoisotopic (exact) mass is 731 g/mol. The van der Waals surface area contributed by atoms with Crippen molar-refractivity contribution in [2.75, 3.05) is 25.0 Å². The van der Waals surface area contributed by atoms with Crippen molar-refractivity contribution in [1.82, 2.24) is 9.88 Å². The number of amides is 1. The SMILES string of the molecule is CC(C)(C)OC(=O)N1CC[C@@H](Nc2cccc3cnccc23)C1.CC(C)O.O=C(OC[C@@H](OC(=O)c1ccccc1)C(=O)O)c1ccccc1.O=C=O. The summed E-state index contributed by atoms with van der Waals surface area (Å²) >= 11 is 0. The summed E-state index contributed by atoms with van der Waals surface area (Å²) < 4.78 is 15.2. The molecule has 0 bridgehead atoms. The lowest BCUT2D eigenvalue weighted by Gasteiger charge is -2.24. The summed E-state index contributed by atoms with van der Waals surface area (Å²) in [6, 6.07) is 24.5. The number of fused-ring (bicyclic) bond motifs is 1. The van der Waals surface area contributed by atoms with Gasteiger partial charge >= 0.3 is 30.2 Å². The van der Waals surface area contributed by atoms with Crippen molar-refractivity contribution in [3.63, 3.8) is 0 Å². The van der Waals surface area contributed by atoms with Crippen molar-refractivity contribution in [2.24, 2.45) is 0 Å². The summed E-state index contributed by atoms with van der Waals surface area (Å²) in [5, 5.41) is 23.0. The van der Waals surface area contributed by atoms with E-state index in [4.69, 9.17) is 34.0 Å². The molecule has 53 heavy (non-hydrogen) atoms. The molecule has 0 spiro atoms. The zero-order valence-electron chi connectivity index (χ0n) is 30.3. The van der Waals surface area contributed by atoms with Gasteiger partial charge in [0.05, 0.1) is 11.1 Å². The largest absolute Gasteiger partial charge is 0.478 e. The van der Waals surface area contributed by atoms with Crippen LogP contribution in [0.1, 0.15) is 61.8 Å². The average Bonchev–Trinajstić information content (AvgIpc) is 3.59. The normalized spacial score (nSPS) is 13.6. The molecule has 1 aromatic heterocycles. The molecule has 1 saturated heterocycles. The lowest BCUT2D eigenvalue weighted by Crippen LogP contribution is -2.36. The van der Waals surface area contributed by atoms with Gasteiger partial charge in [-0.25, -0.2) is 19.2 Å². The highest BCUT2D eigenvalue weighted by atomic mass is 16.6. The average molecular weight is 732 g/mol. The van der Waals surface area contributed by atoms with Crippen LogP contribution in [-0.2, 0) is 28.6 Å². The molecule has 3 aromatic carbocycles. The minimum atomic E-state index is -1.57. The van der Waals surface area contributed by atoms with E-state index < -0.39 is 36.2 Å². The van der Waals surface area contributed by atoms with Crippen LogP contribution in [0.3, 0.4) is 0 Å². The van der Waals surface area contributed by atoms with Crippen molar-refractivity contribution in [3.8, 4) is 0 Å². The van der Waals surface area contributed by atoms with E-state index in [0.29, 0.717) is 6.54 Å². The molecule has 2 atom stereocenters. The van der Waals surface area contributed by atoms with E-state index in [1.165, 1.54) is 24.3 Å². The predicted molar refractivity (Wildman–Crippen MR) is 194 cm³/mol. The molecule has 3 N–H and O–H groups in total. The van der Waals surface area contributed by atoms with Crippen LogP contribution in [0.4, 0.5) is 10.5 Å². The number of hydrogen-bond donors (Lipinski definition) is 3. The molecule has 0 radical (unpaired) electrons. The number of benzene rings is 3. The van der Waals surface area contributed by atoms with E-state index in [9.17, 15) is 19.2 Å². The molecular formula is C39H45N3O11. The minimum absolute atomic E-state index is 0.167. The number of ether oxygens (including phenoxy) is 3. The summed E-state index contributed by atoms with van der Waals surface area (Å²) in [6.07, 6.45) is 2.86. The number of aliphatic hydroxyl groups excluding tert-OH is 1. The van der Waals surface area contributed by atoms with Crippen LogP contribution in [-0.4, -0.2) is 93.8 Å². The summed E-state index contributed by atoms with van der Waals surface area (Å²) in [4.78, 5) is 69.1. The van der Waals surface area contributed by atoms with Crippen LogP contribution in [0.5, 0.6) is 0 Å². The number of anilines is 1. The maximum atomic E-state index is 12.1. The third kappa shape index (κ3) is 16.2. The van der Waals surface area contributed by atoms with Gasteiger partial charge in [0.25, 0.3) is 0 Å². The molecule has 2 heterocycles. The van der Waals surface area contributed by atoms with Gasteiger partial charge in [0.2, 0.25) is 6.10 Å². The van der Waals surface area contributed by atoms with Gasteiger partial charge in [0.15, 0.2) is 0 Å². The molecule has 1 aliphatic heterocycles. The number of nitrogens with one attached hydrogen (secondary N) is 1. The first kappa shape index (κ1) is 43.1. The fourth-order valence-corrected chi connectivity index (χ4v) is 4.57. The van der Waals surface area contributed by atoms with E-state index >= 15 is 0 Å². The van der Waals surface area contributed by atoms with Crippen molar-refractivity contribution in [3.05, 3.63) is 108 Å². The number of carbonyl (C=O) groups is 4. The van der Waals surface area contributed by atoms with E-state index in [-0.39, 0.29) is 35.5 Å². The number of pyridine rings is 1. The Hall–Kier alpha value is -6.11. The van der Waals surface area contributed by atoms with Crippen LogP contribution < -0.4 is 5.32 Å². The van der Waals surface area contributed by atoms with Crippen molar-refractivity contribution >= 4 is 46.6 Å². The second-order valence-electron chi connectivity index (χ2n) is 12.7. The second kappa shape index (κ2) is 22.0. The molecule has 5 rings (SSSR count). The quantitative estimate of drug-likeness (QED) is 0.149. The Labute approximate surface area is 307 Å². The molecule has 14 nitrogen and oxygen atoms in total. The minimum Gasteiger partial charge on any atom is -0.478 e.